The highest BCUT2D eigenvalue weighted by molar-refractivity contribution is 5.58. The monoisotopic (exact) mass is 230 g/mol. The van der Waals surface area contributed by atoms with Crippen LogP contribution in [0, 0.1) is 0 Å². The molecule has 2 aliphatic carbocycles. The Bertz CT molecular complexity index is 470. The van der Waals surface area contributed by atoms with Crippen LogP contribution in [0.2, 0.25) is 0 Å². The van der Waals surface area contributed by atoms with Crippen molar-refractivity contribution in [3.63, 3.8) is 0 Å². The quantitative estimate of drug-likeness (QED) is 0.726. The Hall–Kier alpha value is -1.44. The Morgan fingerprint density at radius 2 is 1.76 bits per heavy atom. The van der Waals surface area contributed by atoms with Crippen molar-refractivity contribution in [2.45, 2.75) is 31.1 Å². The smallest absolute Gasteiger partial charge is 0.123 e. The van der Waals surface area contributed by atoms with Crippen molar-refractivity contribution in [2.75, 3.05) is 14.2 Å². The second kappa shape index (κ2) is 3.80. The van der Waals surface area contributed by atoms with E-state index >= 15 is 0 Å². The summed E-state index contributed by atoms with van der Waals surface area (Å²) in [4.78, 5) is 0. The number of benzene rings is 1. The van der Waals surface area contributed by atoms with Gasteiger partial charge in [-0.2, -0.15) is 0 Å². The Morgan fingerprint density at radius 1 is 1.06 bits per heavy atom. The molecule has 0 unspecified atom stereocenters. The largest absolute Gasteiger partial charge is 0.496 e. The molecule has 2 nitrogen and oxygen atoms in total. The van der Waals surface area contributed by atoms with Gasteiger partial charge in [-0.25, -0.2) is 0 Å². The van der Waals surface area contributed by atoms with Crippen LogP contribution in [-0.4, -0.2) is 14.2 Å². The molecule has 2 aliphatic rings. The molecule has 0 N–H and O–H groups in total. The fourth-order valence-corrected chi connectivity index (χ4v) is 3.18. The molecule has 90 valence electrons. The van der Waals surface area contributed by atoms with Crippen LogP contribution in [0.15, 0.2) is 24.3 Å². The maximum atomic E-state index is 5.55. The Labute approximate surface area is 102 Å². The van der Waals surface area contributed by atoms with Crippen molar-refractivity contribution in [1.82, 2.24) is 0 Å². The zero-order chi connectivity index (χ0) is 11.9. The van der Waals surface area contributed by atoms with Gasteiger partial charge >= 0.3 is 0 Å². The van der Waals surface area contributed by atoms with Crippen LogP contribution in [0.25, 0.3) is 0 Å². The lowest BCUT2D eigenvalue weighted by Crippen LogP contribution is -2.35. The molecular weight excluding hydrogens is 212 g/mol. The second-order valence-corrected chi connectivity index (χ2v) is 4.94. The van der Waals surface area contributed by atoms with E-state index < -0.39 is 0 Å². The molecule has 0 saturated heterocycles. The van der Waals surface area contributed by atoms with E-state index in [0.29, 0.717) is 0 Å². The lowest BCUT2D eigenvalue weighted by Gasteiger charge is -2.44. The summed E-state index contributed by atoms with van der Waals surface area (Å²) < 4.78 is 11.0. The number of methoxy groups -OCH3 is 2. The molecule has 1 fully saturated rings. The van der Waals surface area contributed by atoms with Crippen molar-refractivity contribution >= 4 is 0 Å². The third-order valence-corrected chi connectivity index (χ3v) is 4.17. The van der Waals surface area contributed by atoms with E-state index in [4.69, 9.17) is 9.47 Å². The molecule has 0 aliphatic heterocycles. The van der Waals surface area contributed by atoms with Crippen molar-refractivity contribution in [3.05, 3.63) is 35.4 Å². The first-order chi connectivity index (χ1) is 8.30. The van der Waals surface area contributed by atoms with Gasteiger partial charge < -0.3 is 9.47 Å². The number of allylic oxidation sites excluding steroid dienone is 2. The summed E-state index contributed by atoms with van der Waals surface area (Å²) in [7, 11) is 3.50. The van der Waals surface area contributed by atoms with Crippen LogP contribution in [0.1, 0.15) is 30.4 Å². The zero-order valence-corrected chi connectivity index (χ0v) is 10.5. The summed E-state index contributed by atoms with van der Waals surface area (Å²) in [5.74, 6) is 2.02. The summed E-state index contributed by atoms with van der Waals surface area (Å²) in [5, 5.41) is 0. The fourth-order valence-electron chi connectivity index (χ4n) is 3.18. The molecule has 3 rings (SSSR count). The molecule has 2 heteroatoms. The molecular formula is C15H18O2. The van der Waals surface area contributed by atoms with Crippen LogP contribution in [0.5, 0.6) is 11.5 Å². The molecule has 1 saturated carbocycles. The van der Waals surface area contributed by atoms with E-state index in [2.05, 4.69) is 12.2 Å². The summed E-state index contributed by atoms with van der Waals surface area (Å²) in [6.45, 7) is 0. The molecule has 17 heavy (non-hydrogen) atoms. The Morgan fingerprint density at radius 3 is 2.35 bits per heavy atom. The molecule has 0 aromatic heterocycles. The lowest BCUT2D eigenvalue weighted by molar-refractivity contribution is 0.289. The third kappa shape index (κ3) is 1.40. The number of fused-ring (bicyclic) bond motifs is 2. The van der Waals surface area contributed by atoms with Gasteiger partial charge in [-0.05, 0) is 31.4 Å². The average molecular weight is 230 g/mol. The predicted octanol–water partition coefficient (Wildman–Crippen LogP) is 3.24. The summed E-state index contributed by atoms with van der Waals surface area (Å²) in [6, 6.07) is 4.06. The summed E-state index contributed by atoms with van der Waals surface area (Å²) in [5.41, 5.74) is 2.91. The normalized spacial score (nSPS) is 19.6. The SMILES string of the molecule is COc1ccc(OC)c2c1CC=CC21CCC1. The van der Waals surface area contributed by atoms with Gasteiger partial charge in [0.05, 0.1) is 14.2 Å². The predicted molar refractivity (Wildman–Crippen MR) is 67.9 cm³/mol. The van der Waals surface area contributed by atoms with E-state index in [1.54, 1.807) is 14.2 Å². The van der Waals surface area contributed by atoms with Gasteiger partial charge in [0.25, 0.3) is 0 Å². The first-order valence-electron chi connectivity index (χ1n) is 6.23. The fraction of sp³-hybridized carbons (Fsp3) is 0.467. The van der Waals surface area contributed by atoms with Crippen molar-refractivity contribution in [3.8, 4) is 11.5 Å². The maximum absolute atomic E-state index is 5.55. The highest BCUT2D eigenvalue weighted by Crippen LogP contribution is 2.53. The van der Waals surface area contributed by atoms with Crippen LogP contribution in [0.3, 0.4) is 0 Å². The topological polar surface area (TPSA) is 18.5 Å². The van der Waals surface area contributed by atoms with Gasteiger partial charge in [0.15, 0.2) is 0 Å². The summed E-state index contributed by atoms with van der Waals surface area (Å²) in [6.07, 6.45) is 9.39. The summed E-state index contributed by atoms with van der Waals surface area (Å²) >= 11 is 0. The highest BCUT2D eigenvalue weighted by Gasteiger charge is 2.42. The number of rotatable bonds is 2. The molecule has 1 aromatic rings. The minimum Gasteiger partial charge on any atom is -0.496 e. The van der Waals surface area contributed by atoms with E-state index in [0.717, 1.165) is 17.9 Å². The first-order valence-corrected chi connectivity index (χ1v) is 6.23. The van der Waals surface area contributed by atoms with Crippen molar-refractivity contribution in [2.24, 2.45) is 0 Å². The van der Waals surface area contributed by atoms with Gasteiger partial charge in [0.1, 0.15) is 11.5 Å². The molecule has 0 bridgehead atoms. The number of hydrogen-bond acceptors (Lipinski definition) is 2. The van der Waals surface area contributed by atoms with E-state index in [-0.39, 0.29) is 5.41 Å². The molecule has 0 heterocycles. The number of hydrogen-bond donors (Lipinski definition) is 0. The highest BCUT2D eigenvalue weighted by atomic mass is 16.5. The van der Waals surface area contributed by atoms with Gasteiger partial charge in [-0.15, -0.1) is 0 Å². The van der Waals surface area contributed by atoms with Crippen LogP contribution >= 0.6 is 0 Å². The minimum atomic E-state index is 0.230. The molecule has 0 amide bonds. The molecule has 1 aromatic carbocycles. The van der Waals surface area contributed by atoms with Crippen LogP contribution < -0.4 is 9.47 Å². The van der Waals surface area contributed by atoms with Gasteiger partial charge in [-0.3, -0.25) is 0 Å². The Kier molecular flexibility index (Phi) is 2.39. The van der Waals surface area contributed by atoms with Crippen LogP contribution in [-0.2, 0) is 11.8 Å². The third-order valence-electron chi connectivity index (χ3n) is 4.17. The van der Waals surface area contributed by atoms with Gasteiger partial charge in [0, 0.05) is 16.5 Å². The minimum absolute atomic E-state index is 0.230. The maximum Gasteiger partial charge on any atom is 0.123 e. The molecule has 0 atom stereocenters. The van der Waals surface area contributed by atoms with E-state index in [1.165, 1.54) is 30.4 Å². The van der Waals surface area contributed by atoms with E-state index in [9.17, 15) is 0 Å². The number of ether oxygens (including phenoxy) is 2. The standard InChI is InChI=1S/C15H18O2/c1-16-12-6-7-13(17-2)14-11(12)5-3-8-15(14)9-4-10-15/h3,6-8H,4-5,9-10H2,1-2H3. The van der Waals surface area contributed by atoms with Gasteiger partial charge in [0.2, 0.25) is 0 Å². The Balaban J connectivity index is 2.21. The molecule has 1 spiro atoms. The van der Waals surface area contributed by atoms with Crippen molar-refractivity contribution in [1.29, 1.82) is 0 Å². The van der Waals surface area contributed by atoms with E-state index in [1.807, 2.05) is 12.1 Å². The van der Waals surface area contributed by atoms with Crippen LogP contribution in [0.4, 0.5) is 0 Å². The first kappa shape index (κ1) is 10.7. The average Bonchev–Trinajstić information content (AvgIpc) is 2.34. The van der Waals surface area contributed by atoms with Gasteiger partial charge in [-0.1, -0.05) is 18.6 Å². The zero-order valence-electron chi connectivity index (χ0n) is 10.5. The van der Waals surface area contributed by atoms with Crippen molar-refractivity contribution < 1.29 is 9.47 Å². The second-order valence-electron chi connectivity index (χ2n) is 4.94. The lowest BCUT2D eigenvalue weighted by atomic mass is 9.61. The molecule has 0 radical (unpaired) electrons.